The summed E-state index contributed by atoms with van der Waals surface area (Å²) in [5.41, 5.74) is 2.12. The third-order valence-corrected chi connectivity index (χ3v) is 4.88. The fraction of sp³-hybridized carbons (Fsp3) is 0.467. The van der Waals surface area contributed by atoms with Gasteiger partial charge in [-0.3, -0.25) is 9.36 Å². The molecule has 1 aliphatic carbocycles. The van der Waals surface area contributed by atoms with Crippen LogP contribution in [0.3, 0.4) is 0 Å². The van der Waals surface area contributed by atoms with E-state index in [1.807, 2.05) is 13.8 Å². The molecule has 3 rings (SSSR count). The van der Waals surface area contributed by atoms with Crippen LogP contribution in [0.2, 0.25) is 0 Å². The number of thiophene rings is 1. The van der Waals surface area contributed by atoms with Crippen LogP contribution in [0.5, 0.6) is 0 Å². The van der Waals surface area contributed by atoms with Crippen LogP contribution in [0.15, 0.2) is 23.3 Å². The van der Waals surface area contributed by atoms with Crippen molar-refractivity contribution in [3.63, 3.8) is 0 Å². The number of aromatic nitrogens is 2. The van der Waals surface area contributed by atoms with E-state index < -0.39 is 0 Å². The molecule has 0 unspecified atom stereocenters. The van der Waals surface area contributed by atoms with E-state index in [1.54, 1.807) is 22.2 Å². The lowest BCUT2D eigenvalue weighted by Gasteiger charge is -2.09. The Balaban J connectivity index is 1.84. The molecule has 2 aromatic heterocycles. The lowest BCUT2D eigenvalue weighted by molar-refractivity contribution is 0.667. The van der Waals surface area contributed by atoms with Crippen LogP contribution >= 0.6 is 11.3 Å². The number of nitrogens with zero attached hydrogens (tertiary/aromatic N) is 2. The maximum Gasteiger partial charge on any atom is 0.262 e. The predicted octanol–water partition coefficient (Wildman–Crippen LogP) is 2.38. The Hall–Kier alpha value is -1.46. The highest BCUT2D eigenvalue weighted by atomic mass is 32.1. The van der Waals surface area contributed by atoms with E-state index >= 15 is 0 Å². The van der Waals surface area contributed by atoms with Crippen molar-refractivity contribution in [3.05, 3.63) is 39.3 Å². The van der Waals surface area contributed by atoms with Gasteiger partial charge in [0.2, 0.25) is 0 Å². The van der Waals surface area contributed by atoms with Gasteiger partial charge in [-0.05, 0) is 37.8 Å². The summed E-state index contributed by atoms with van der Waals surface area (Å²) in [6.45, 7) is 9.39. The van der Waals surface area contributed by atoms with E-state index in [4.69, 9.17) is 0 Å². The molecule has 0 aromatic carbocycles. The van der Waals surface area contributed by atoms with Crippen LogP contribution in [0.4, 0.5) is 0 Å². The Morgan fingerprint density at radius 1 is 1.55 bits per heavy atom. The van der Waals surface area contributed by atoms with Gasteiger partial charge in [-0.15, -0.1) is 11.3 Å². The van der Waals surface area contributed by atoms with E-state index in [0.717, 1.165) is 32.8 Å². The van der Waals surface area contributed by atoms with Gasteiger partial charge in [0.05, 0.1) is 11.7 Å². The molecule has 4 nitrogen and oxygen atoms in total. The van der Waals surface area contributed by atoms with E-state index in [9.17, 15) is 4.79 Å². The average molecular weight is 289 g/mol. The zero-order valence-corrected chi connectivity index (χ0v) is 12.7. The number of hydrogen-bond acceptors (Lipinski definition) is 4. The minimum atomic E-state index is 0.0458. The van der Waals surface area contributed by atoms with Gasteiger partial charge in [-0.25, -0.2) is 4.98 Å². The van der Waals surface area contributed by atoms with Crippen LogP contribution in [-0.4, -0.2) is 22.1 Å². The third-order valence-electron chi connectivity index (χ3n) is 3.77. The first kappa shape index (κ1) is 13.5. The van der Waals surface area contributed by atoms with E-state index in [1.165, 1.54) is 12.8 Å². The molecule has 0 aliphatic heterocycles. The largest absolute Gasteiger partial charge is 0.310 e. The van der Waals surface area contributed by atoms with Gasteiger partial charge in [0.1, 0.15) is 4.83 Å². The summed E-state index contributed by atoms with van der Waals surface area (Å²) in [5.74, 6) is 0. The Morgan fingerprint density at radius 3 is 3.00 bits per heavy atom. The molecule has 0 spiro atoms. The van der Waals surface area contributed by atoms with Crippen molar-refractivity contribution in [1.82, 2.24) is 14.9 Å². The monoisotopic (exact) mass is 289 g/mol. The molecule has 0 radical (unpaired) electrons. The van der Waals surface area contributed by atoms with E-state index in [-0.39, 0.29) is 5.56 Å². The molecule has 5 heteroatoms. The lowest BCUT2D eigenvalue weighted by atomic mass is 10.2. The maximum atomic E-state index is 12.5. The molecule has 0 amide bonds. The third kappa shape index (κ3) is 2.55. The lowest BCUT2D eigenvalue weighted by Crippen LogP contribution is -2.25. The first-order chi connectivity index (χ1) is 9.56. The smallest absolute Gasteiger partial charge is 0.262 e. The summed E-state index contributed by atoms with van der Waals surface area (Å²) in [5, 5.41) is 4.18. The first-order valence-electron chi connectivity index (χ1n) is 6.91. The fourth-order valence-corrected chi connectivity index (χ4v) is 3.24. The van der Waals surface area contributed by atoms with Crippen molar-refractivity contribution >= 4 is 21.6 Å². The predicted molar refractivity (Wildman–Crippen MR) is 83.5 cm³/mol. The molecule has 1 aliphatic rings. The summed E-state index contributed by atoms with van der Waals surface area (Å²) in [7, 11) is 0. The van der Waals surface area contributed by atoms with Crippen molar-refractivity contribution < 1.29 is 0 Å². The number of nitrogens with one attached hydrogen (secondary N) is 1. The van der Waals surface area contributed by atoms with Crippen LogP contribution in [-0.2, 0) is 6.54 Å². The highest BCUT2D eigenvalue weighted by Crippen LogP contribution is 2.25. The van der Waals surface area contributed by atoms with Crippen molar-refractivity contribution in [3.8, 4) is 0 Å². The summed E-state index contributed by atoms with van der Waals surface area (Å²) in [6, 6.07) is 0.658. The van der Waals surface area contributed by atoms with Crippen LogP contribution in [0.25, 0.3) is 10.2 Å². The van der Waals surface area contributed by atoms with Gasteiger partial charge in [0.15, 0.2) is 0 Å². The molecular weight excluding hydrogens is 270 g/mol. The number of hydrogen-bond donors (Lipinski definition) is 1. The van der Waals surface area contributed by atoms with Crippen molar-refractivity contribution in [1.29, 1.82) is 0 Å². The zero-order valence-electron chi connectivity index (χ0n) is 11.9. The maximum absolute atomic E-state index is 12.5. The molecule has 0 atom stereocenters. The van der Waals surface area contributed by atoms with E-state index in [2.05, 4.69) is 16.9 Å². The molecule has 2 heterocycles. The molecule has 1 saturated carbocycles. The Bertz CT molecular complexity index is 725. The van der Waals surface area contributed by atoms with Gasteiger partial charge in [0, 0.05) is 24.0 Å². The molecule has 0 saturated heterocycles. The molecular formula is C15H19N3OS. The normalized spacial score (nSPS) is 14.9. The average Bonchev–Trinajstić information content (AvgIpc) is 3.19. The number of fused-ring (bicyclic) bond motifs is 1. The number of rotatable bonds is 5. The summed E-state index contributed by atoms with van der Waals surface area (Å²) in [6.07, 6.45) is 4.16. The molecule has 1 N–H and O–H groups in total. The Labute approximate surface area is 122 Å². The molecule has 2 aromatic rings. The van der Waals surface area contributed by atoms with Gasteiger partial charge in [0.25, 0.3) is 5.56 Å². The standard InChI is InChI=1S/C15H19N3OS/c1-9(6-16-12-4-5-12)7-18-8-17-14-13(15(18)19)10(2)11(3)20-14/h8,12,16H,1,4-7H2,2-3H3. The molecule has 0 bridgehead atoms. The Morgan fingerprint density at radius 2 is 2.30 bits per heavy atom. The van der Waals surface area contributed by atoms with Gasteiger partial charge < -0.3 is 5.32 Å². The molecule has 106 valence electrons. The highest BCUT2D eigenvalue weighted by molar-refractivity contribution is 7.18. The van der Waals surface area contributed by atoms with Gasteiger partial charge in [-0.2, -0.15) is 0 Å². The van der Waals surface area contributed by atoms with Crippen molar-refractivity contribution in [2.45, 2.75) is 39.3 Å². The summed E-state index contributed by atoms with van der Waals surface area (Å²) < 4.78 is 1.67. The molecule has 1 fully saturated rings. The minimum Gasteiger partial charge on any atom is -0.310 e. The quantitative estimate of drug-likeness (QED) is 0.860. The SMILES string of the molecule is C=C(CNC1CC1)Cn1cnc2sc(C)c(C)c2c1=O. The van der Waals surface area contributed by atoms with Crippen LogP contribution < -0.4 is 10.9 Å². The second-order valence-corrected chi connectivity index (χ2v) is 6.75. The second kappa shape index (κ2) is 5.14. The summed E-state index contributed by atoms with van der Waals surface area (Å²) >= 11 is 1.58. The van der Waals surface area contributed by atoms with Crippen LogP contribution in [0.1, 0.15) is 23.3 Å². The summed E-state index contributed by atoms with van der Waals surface area (Å²) in [4.78, 5) is 18.9. The zero-order chi connectivity index (χ0) is 14.3. The van der Waals surface area contributed by atoms with Crippen LogP contribution in [0, 0.1) is 13.8 Å². The number of aryl methyl sites for hydroxylation is 2. The van der Waals surface area contributed by atoms with Gasteiger partial charge >= 0.3 is 0 Å². The highest BCUT2D eigenvalue weighted by Gasteiger charge is 2.20. The fourth-order valence-electron chi connectivity index (χ4n) is 2.26. The topological polar surface area (TPSA) is 46.9 Å². The first-order valence-corrected chi connectivity index (χ1v) is 7.73. The van der Waals surface area contributed by atoms with Crippen molar-refractivity contribution in [2.75, 3.05) is 6.54 Å². The Kier molecular flexibility index (Phi) is 3.48. The van der Waals surface area contributed by atoms with Crippen molar-refractivity contribution in [2.24, 2.45) is 0 Å². The van der Waals surface area contributed by atoms with Gasteiger partial charge in [-0.1, -0.05) is 6.58 Å². The molecule has 20 heavy (non-hydrogen) atoms. The second-order valence-electron chi connectivity index (χ2n) is 5.55. The van der Waals surface area contributed by atoms with E-state index in [0.29, 0.717) is 12.6 Å². The minimum absolute atomic E-state index is 0.0458.